The van der Waals surface area contributed by atoms with Crippen molar-refractivity contribution in [2.24, 2.45) is 0 Å². The molecule has 1 amide bonds. The molecule has 8 heteroatoms. The lowest BCUT2D eigenvalue weighted by molar-refractivity contribution is -0.116. The fraction of sp³-hybridized carbons (Fsp3) is 0.227. The minimum absolute atomic E-state index is 0.205. The summed E-state index contributed by atoms with van der Waals surface area (Å²) in [6.07, 6.45) is 8.47. The summed E-state index contributed by atoms with van der Waals surface area (Å²) in [5.74, 6) is 2.12. The van der Waals surface area contributed by atoms with Crippen molar-refractivity contribution >= 4 is 12.0 Å². The Morgan fingerprint density at radius 3 is 2.47 bits per heavy atom. The van der Waals surface area contributed by atoms with Crippen molar-refractivity contribution < 1.29 is 19.0 Å². The van der Waals surface area contributed by atoms with Crippen molar-refractivity contribution in [2.75, 3.05) is 27.9 Å². The van der Waals surface area contributed by atoms with E-state index in [1.807, 2.05) is 29.0 Å². The number of aromatic nitrogens is 3. The minimum Gasteiger partial charge on any atom is -0.493 e. The van der Waals surface area contributed by atoms with Gasteiger partial charge in [-0.1, -0.05) is 6.07 Å². The summed E-state index contributed by atoms with van der Waals surface area (Å²) in [4.78, 5) is 20.9. The SMILES string of the molecule is COc1cc(/C=C/C(=O)NCCn2ccnc2-c2ccccn2)cc(OC)c1OC. The van der Waals surface area contributed by atoms with Crippen LogP contribution in [0.4, 0.5) is 0 Å². The first-order valence-corrected chi connectivity index (χ1v) is 9.34. The highest BCUT2D eigenvalue weighted by molar-refractivity contribution is 5.91. The molecule has 0 aliphatic carbocycles. The standard InChI is InChI=1S/C22H24N4O4/c1-28-18-14-16(15-19(29-2)21(18)30-3)7-8-20(27)24-10-12-26-13-11-25-22(26)17-6-4-5-9-23-17/h4-9,11,13-15H,10,12H2,1-3H3,(H,24,27)/b8-7+. The molecule has 0 saturated carbocycles. The first-order chi connectivity index (χ1) is 14.7. The van der Waals surface area contributed by atoms with Crippen LogP contribution in [0, 0.1) is 0 Å². The summed E-state index contributed by atoms with van der Waals surface area (Å²) < 4.78 is 17.9. The lowest BCUT2D eigenvalue weighted by atomic mass is 10.1. The van der Waals surface area contributed by atoms with E-state index in [1.165, 1.54) is 6.08 Å². The Hall–Kier alpha value is -3.81. The normalized spacial score (nSPS) is 10.8. The van der Waals surface area contributed by atoms with Gasteiger partial charge >= 0.3 is 0 Å². The van der Waals surface area contributed by atoms with E-state index in [0.29, 0.717) is 30.3 Å². The van der Waals surface area contributed by atoms with Crippen LogP contribution in [0.1, 0.15) is 5.56 Å². The molecule has 0 spiro atoms. The number of carbonyl (C=O) groups excluding carboxylic acids is 1. The maximum Gasteiger partial charge on any atom is 0.244 e. The van der Waals surface area contributed by atoms with Gasteiger partial charge in [-0.3, -0.25) is 9.78 Å². The Bertz CT molecular complexity index is 990. The fourth-order valence-electron chi connectivity index (χ4n) is 2.95. The van der Waals surface area contributed by atoms with Crippen molar-refractivity contribution in [3.8, 4) is 28.8 Å². The second-order valence-corrected chi connectivity index (χ2v) is 6.24. The van der Waals surface area contributed by atoms with E-state index < -0.39 is 0 Å². The van der Waals surface area contributed by atoms with E-state index in [4.69, 9.17) is 14.2 Å². The molecule has 0 unspecified atom stereocenters. The molecule has 0 radical (unpaired) electrons. The number of imidazole rings is 1. The van der Waals surface area contributed by atoms with Crippen molar-refractivity contribution in [3.05, 3.63) is 60.6 Å². The van der Waals surface area contributed by atoms with Crippen LogP contribution >= 0.6 is 0 Å². The third-order valence-corrected chi connectivity index (χ3v) is 4.38. The zero-order valence-electron chi connectivity index (χ0n) is 17.2. The van der Waals surface area contributed by atoms with E-state index in [0.717, 1.165) is 17.1 Å². The van der Waals surface area contributed by atoms with Gasteiger partial charge in [-0.05, 0) is 35.9 Å². The van der Waals surface area contributed by atoms with Gasteiger partial charge in [0.05, 0.1) is 21.3 Å². The molecule has 8 nitrogen and oxygen atoms in total. The number of amides is 1. The Labute approximate surface area is 175 Å². The van der Waals surface area contributed by atoms with Crippen molar-refractivity contribution in [3.63, 3.8) is 0 Å². The minimum atomic E-state index is -0.205. The van der Waals surface area contributed by atoms with Gasteiger partial charge in [0, 0.05) is 37.8 Å². The van der Waals surface area contributed by atoms with Crippen molar-refractivity contribution in [2.45, 2.75) is 6.54 Å². The van der Waals surface area contributed by atoms with E-state index >= 15 is 0 Å². The number of nitrogens with zero attached hydrogens (tertiary/aromatic N) is 3. The molecule has 0 fully saturated rings. The van der Waals surface area contributed by atoms with Crippen LogP contribution in [0.2, 0.25) is 0 Å². The highest BCUT2D eigenvalue weighted by Crippen LogP contribution is 2.38. The maximum absolute atomic E-state index is 12.2. The van der Waals surface area contributed by atoms with E-state index in [-0.39, 0.29) is 5.91 Å². The van der Waals surface area contributed by atoms with Gasteiger partial charge in [0.25, 0.3) is 0 Å². The molecule has 0 atom stereocenters. The largest absolute Gasteiger partial charge is 0.493 e. The van der Waals surface area contributed by atoms with Crippen LogP contribution in [-0.4, -0.2) is 48.3 Å². The monoisotopic (exact) mass is 408 g/mol. The van der Waals surface area contributed by atoms with Crippen molar-refractivity contribution in [1.29, 1.82) is 0 Å². The summed E-state index contributed by atoms with van der Waals surface area (Å²) in [5.41, 5.74) is 1.54. The summed E-state index contributed by atoms with van der Waals surface area (Å²) in [5, 5.41) is 2.87. The zero-order chi connectivity index (χ0) is 21.3. The van der Waals surface area contributed by atoms with Gasteiger partial charge in [-0.15, -0.1) is 0 Å². The molecule has 0 aliphatic heterocycles. The van der Waals surface area contributed by atoms with E-state index in [2.05, 4.69) is 15.3 Å². The first-order valence-electron chi connectivity index (χ1n) is 9.34. The third-order valence-electron chi connectivity index (χ3n) is 4.38. The molecule has 2 aromatic heterocycles. The van der Waals surface area contributed by atoms with Crippen LogP contribution in [0.15, 0.2) is 55.0 Å². The molecular formula is C22H24N4O4. The summed E-state index contributed by atoms with van der Waals surface area (Å²) in [7, 11) is 4.64. The number of ether oxygens (including phenoxy) is 3. The maximum atomic E-state index is 12.2. The lowest BCUT2D eigenvalue weighted by Gasteiger charge is -2.12. The smallest absolute Gasteiger partial charge is 0.244 e. The number of rotatable bonds is 9. The first kappa shape index (κ1) is 20.9. The van der Waals surface area contributed by atoms with Crippen LogP contribution in [-0.2, 0) is 11.3 Å². The number of carbonyl (C=O) groups is 1. The van der Waals surface area contributed by atoms with Gasteiger partial charge in [-0.25, -0.2) is 4.98 Å². The summed E-state index contributed by atoms with van der Waals surface area (Å²) >= 11 is 0. The average Bonchev–Trinajstić information content (AvgIpc) is 3.26. The van der Waals surface area contributed by atoms with E-state index in [9.17, 15) is 4.79 Å². The molecule has 3 aromatic rings. The number of hydrogen-bond acceptors (Lipinski definition) is 6. The third kappa shape index (κ3) is 4.96. The van der Waals surface area contributed by atoms with Crippen LogP contribution < -0.4 is 19.5 Å². The number of methoxy groups -OCH3 is 3. The Kier molecular flexibility index (Phi) is 7.05. The number of benzene rings is 1. The highest BCUT2D eigenvalue weighted by atomic mass is 16.5. The fourth-order valence-corrected chi connectivity index (χ4v) is 2.95. The number of nitrogens with one attached hydrogen (secondary N) is 1. The van der Waals surface area contributed by atoms with Crippen LogP contribution in [0.5, 0.6) is 17.2 Å². The van der Waals surface area contributed by atoms with Gasteiger partial charge in [0.2, 0.25) is 11.7 Å². The van der Waals surface area contributed by atoms with Crippen molar-refractivity contribution in [1.82, 2.24) is 19.9 Å². The predicted molar refractivity (Wildman–Crippen MR) is 114 cm³/mol. The number of hydrogen-bond donors (Lipinski definition) is 1. The van der Waals surface area contributed by atoms with Gasteiger partial charge in [0.15, 0.2) is 17.3 Å². The Morgan fingerprint density at radius 1 is 1.07 bits per heavy atom. The second kappa shape index (κ2) is 10.1. The molecule has 156 valence electrons. The molecular weight excluding hydrogens is 384 g/mol. The molecule has 30 heavy (non-hydrogen) atoms. The quantitative estimate of drug-likeness (QED) is 0.548. The van der Waals surface area contributed by atoms with Gasteiger partial charge < -0.3 is 24.1 Å². The van der Waals surface area contributed by atoms with E-state index in [1.54, 1.807) is 51.9 Å². The molecule has 0 aliphatic rings. The predicted octanol–water partition coefficient (Wildman–Crippen LogP) is 2.80. The Balaban J connectivity index is 1.60. The highest BCUT2D eigenvalue weighted by Gasteiger charge is 2.12. The zero-order valence-corrected chi connectivity index (χ0v) is 17.2. The molecule has 0 bridgehead atoms. The Morgan fingerprint density at radius 2 is 1.83 bits per heavy atom. The van der Waals surface area contributed by atoms with Crippen LogP contribution in [0.3, 0.4) is 0 Å². The van der Waals surface area contributed by atoms with Crippen LogP contribution in [0.25, 0.3) is 17.6 Å². The second-order valence-electron chi connectivity index (χ2n) is 6.24. The molecule has 0 saturated heterocycles. The average molecular weight is 408 g/mol. The molecule has 1 aromatic carbocycles. The molecule has 3 rings (SSSR count). The summed E-state index contributed by atoms with van der Waals surface area (Å²) in [6.45, 7) is 1.03. The lowest BCUT2D eigenvalue weighted by Crippen LogP contribution is -2.25. The van der Waals surface area contributed by atoms with Gasteiger partial charge in [0.1, 0.15) is 5.69 Å². The summed E-state index contributed by atoms with van der Waals surface area (Å²) in [6, 6.07) is 9.22. The number of pyridine rings is 1. The van der Waals surface area contributed by atoms with Gasteiger partial charge in [-0.2, -0.15) is 0 Å². The molecule has 2 heterocycles. The molecule has 1 N–H and O–H groups in total. The topological polar surface area (TPSA) is 87.5 Å².